The van der Waals surface area contributed by atoms with Gasteiger partial charge in [-0.25, -0.2) is 0 Å². The smallest absolute Gasteiger partial charge is 0.291 e. The Kier molecular flexibility index (Phi) is 4.75. The van der Waals surface area contributed by atoms with Gasteiger partial charge in [-0.05, 0) is 72.4 Å². The normalized spacial score (nSPS) is 12.4. The van der Waals surface area contributed by atoms with Gasteiger partial charge in [-0.1, -0.05) is 18.2 Å². The molecule has 0 saturated carbocycles. The third-order valence-electron chi connectivity index (χ3n) is 4.77. The third kappa shape index (κ3) is 3.92. The van der Waals surface area contributed by atoms with Crippen molar-refractivity contribution in [3.8, 4) is 0 Å². The van der Waals surface area contributed by atoms with E-state index in [0.29, 0.717) is 17.8 Å². The van der Waals surface area contributed by atoms with E-state index in [2.05, 4.69) is 16.7 Å². The van der Waals surface area contributed by atoms with E-state index in [1.165, 1.54) is 23.8 Å². The summed E-state index contributed by atoms with van der Waals surface area (Å²) in [4.78, 5) is 24.3. The van der Waals surface area contributed by atoms with Crippen molar-refractivity contribution in [1.29, 1.82) is 0 Å². The number of hydrogen-bond donors (Lipinski definition) is 2. The number of carbonyl (C=O) groups is 2. The SMILES string of the molecule is O=C(NCc1ccc(NC(=O)c2ccco2)cc1)c1ccc2c(c1)CCC2. The molecule has 2 aromatic carbocycles. The fraction of sp³-hybridized carbons (Fsp3) is 0.182. The van der Waals surface area contributed by atoms with Gasteiger partial charge in [0.25, 0.3) is 11.8 Å². The first-order chi connectivity index (χ1) is 13.2. The Morgan fingerprint density at radius 2 is 1.74 bits per heavy atom. The summed E-state index contributed by atoms with van der Waals surface area (Å²) in [6.45, 7) is 0.433. The van der Waals surface area contributed by atoms with Gasteiger partial charge in [0, 0.05) is 17.8 Å². The Bertz CT molecular complexity index is 960. The van der Waals surface area contributed by atoms with Gasteiger partial charge in [-0.2, -0.15) is 0 Å². The van der Waals surface area contributed by atoms with Crippen LogP contribution in [0, 0.1) is 0 Å². The number of hydrogen-bond acceptors (Lipinski definition) is 3. The highest BCUT2D eigenvalue weighted by atomic mass is 16.3. The molecular formula is C22H20N2O3. The molecule has 0 bridgehead atoms. The Balaban J connectivity index is 1.33. The second kappa shape index (κ2) is 7.50. The first kappa shape index (κ1) is 17.1. The summed E-state index contributed by atoms with van der Waals surface area (Å²) in [6.07, 6.45) is 4.80. The highest BCUT2D eigenvalue weighted by Gasteiger charge is 2.14. The molecule has 0 spiro atoms. The molecule has 0 unspecified atom stereocenters. The lowest BCUT2D eigenvalue weighted by atomic mass is 10.1. The Morgan fingerprint density at radius 1 is 0.926 bits per heavy atom. The van der Waals surface area contributed by atoms with Gasteiger partial charge >= 0.3 is 0 Å². The molecule has 0 atom stereocenters. The minimum Gasteiger partial charge on any atom is -0.459 e. The van der Waals surface area contributed by atoms with Crippen LogP contribution >= 0.6 is 0 Å². The summed E-state index contributed by atoms with van der Waals surface area (Å²) in [5.74, 6) is -0.0988. The number of anilines is 1. The lowest BCUT2D eigenvalue weighted by Crippen LogP contribution is -2.23. The first-order valence-corrected chi connectivity index (χ1v) is 9.03. The first-order valence-electron chi connectivity index (χ1n) is 9.03. The van der Waals surface area contributed by atoms with Gasteiger partial charge in [0.05, 0.1) is 6.26 Å². The summed E-state index contributed by atoms with van der Waals surface area (Å²) in [5, 5.41) is 5.71. The van der Waals surface area contributed by atoms with Gasteiger partial charge in [0.1, 0.15) is 0 Å². The Labute approximate surface area is 157 Å². The molecule has 1 aliphatic carbocycles. The molecule has 0 radical (unpaired) electrons. The zero-order chi connectivity index (χ0) is 18.6. The Hall–Kier alpha value is -3.34. The van der Waals surface area contributed by atoms with E-state index >= 15 is 0 Å². The predicted octanol–water partition coefficient (Wildman–Crippen LogP) is 3.95. The molecule has 5 heteroatoms. The van der Waals surface area contributed by atoms with Crippen LogP contribution in [-0.4, -0.2) is 11.8 Å². The zero-order valence-corrected chi connectivity index (χ0v) is 14.8. The van der Waals surface area contributed by atoms with Crippen molar-refractivity contribution in [2.24, 2.45) is 0 Å². The molecule has 1 aliphatic rings. The summed E-state index contributed by atoms with van der Waals surface area (Å²) in [7, 11) is 0. The topological polar surface area (TPSA) is 71.3 Å². The van der Waals surface area contributed by atoms with Crippen LogP contribution in [0.2, 0.25) is 0 Å². The minimum atomic E-state index is -0.294. The van der Waals surface area contributed by atoms with Crippen molar-refractivity contribution < 1.29 is 14.0 Å². The fourth-order valence-electron chi connectivity index (χ4n) is 3.30. The summed E-state index contributed by atoms with van der Waals surface area (Å²) < 4.78 is 5.07. The zero-order valence-electron chi connectivity index (χ0n) is 14.8. The van der Waals surface area contributed by atoms with Crippen molar-refractivity contribution in [2.45, 2.75) is 25.8 Å². The largest absolute Gasteiger partial charge is 0.459 e. The van der Waals surface area contributed by atoms with Crippen LogP contribution < -0.4 is 10.6 Å². The van der Waals surface area contributed by atoms with Crippen molar-refractivity contribution in [2.75, 3.05) is 5.32 Å². The number of fused-ring (bicyclic) bond motifs is 1. The molecule has 2 N–H and O–H groups in total. The van der Waals surface area contributed by atoms with E-state index in [4.69, 9.17) is 4.42 Å². The summed E-state index contributed by atoms with van der Waals surface area (Å²) in [6, 6.07) is 16.6. The van der Waals surface area contributed by atoms with E-state index < -0.39 is 0 Å². The van der Waals surface area contributed by atoms with E-state index in [1.807, 2.05) is 24.3 Å². The molecule has 0 saturated heterocycles. The van der Waals surface area contributed by atoms with Gasteiger partial charge in [-0.15, -0.1) is 0 Å². The Morgan fingerprint density at radius 3 is 2.52 bits per heavy atom. The van der Waals surface area contributed by atoms with Crippen molar-refractivity contribution in [1.82, 2.24) is 5.32 Å². The number of nitrogens with one attached hydrogen (secondary N) is 2. The lowest BCUT2D eigenvalue weighted by molar-refractivity contribution is 0.0949. The second-order valence-corrected chi connectivity index (χ2v) is 6.65. The maximum absolute atomic E-state index is 12.4. The van der Waals surface area contributed by atoms with E-state index in [0.717, 1.165) is 18.4 Å². The van der Waals surface area contributed by atoms with Crippen LogP contribution in [0.1, 0.15) is 44.0 Å². The van der Waals surface area contributed by atoms with Crippen LogP contribution in [0.5, 0.6) is 0 Å². The van der Waals surface area contributed by atoms with E-state index in [-0.39, 0.29) is 17.6 Å². The molecular weight excluding hydrogens is 340 g/mol. The summed E-state index contributed by atoms with van der Waals surface area (Å²) in [5.41, 5.74) is 4.99. The van der Waals surface area contributed by atoms with Crippen LogP contribution in [0.4, 0.5) is 5.69 Å². The van der Waals surface area contributed by atoms with Crippen molar-refractivity contribution in [3.63, 3.8) is 0 Å². The quantitative estimate of drug-likeness (QED) is 0.724. The van der Waals surface area contributed by atoms with Crippen LogP contribution in [0.25, 0.3) is 0 Å². The van der Waals surface area contributed by atoms with Crippen LogP contribution in [0.15, 0.2) is 65.3 Å². The molecule has 5 nitrogen and oxygen atoms in total. The molecule has 136 valence electrons. The molecule has 2 amide bonds. The van der Waals surface area contributed by atoms with Gasteiger partial charge in [0.2, 0.25) is 0 Å². The van der Waals surface area contributed by atoms with E-state index in [9.17, 15) is 9.59 Å². The maximum atomic E-state index is 12.4. The molecule has 1 heterocycles. The van der Waals surface area contributed by atoms with Crippen LogP contribution in [-0.2, 0) is 19.4 Å². The highest BCUT2D eigenvalue weighted by Crippen LogP contribution is 2.22. The maximum Gasteiger partial charge on any atom is 0.291 e. The molecule has 0 fully saturated rings. The monoisotopic (exact) mass is 360 g/mol. The predicted molar refractivity (Wildman–Crippen MR) is 103 cm³/mol. The van der Waals surface area contributed by atoms with Crippen LogP contribution in [0.3, 0.4) is 0 Å². The number of benzene rings is 2. The standard InChI is InChI=1S/C22H20N2O3/c25-21(18-9-8-16-3-1-4-17(16)13-18)23-14-15-6-10-19(11-7-15)24-22(26)20-5-2-12-27-20/h2,5-13H,1,3-4,14H2,(H,23,25)(H,24,26). The number of rotatable bonds is 5. The third-order valence-corrected chi connectivity index (χ3v) is 4.77. The van der Waals surface area contributed by atoms with E-state index in [1.54, 1.807) is 24.3 Å². The number of aryl methyl sites for hydroxylation is 2. The average Bonchev–Trinajstić information content (AvgIpc) is 3.38. The molecule has 27 heavy (non-hydrogen) atoms. The summed E-state index contributed by atoms with van der Waals surface area (Å²) >= 11 is 0. The average molecular weight is 360 g/mol. The number of furan rings is 1. The van der Waals surface area contributed by atoms with Crippen molar-refractivity contribution >= 4 is 17.5 Å². The van der Waals surface area contributed by atoms with Gasteiger partial charge in [0.15, 0.2) is 5.76 Å². The number of carbonyl (C=O) groups excluding carboxylic acids is 2. The van der Waals surface area contributed by atoms with Gasteiger partial charge in [-0.3, -0.25) is 9.59 Å². The number of amides is 2. The molecule has 4 rings (SSSR count). The minimum absolute atomic E-state index is 0.0695. The lowest BCUT2D eigenvalue weighted by Gasteiger charge is -2.08. The molecule has 1 aromatic heterocycles. The van der Waals surface area contributed by atoms with Gasteiger partial charge < -0.3 is 15.1 Å². The second-order valence-electron chi connectivity index (χ2n) is 6.65. The molecule has 0 aliphatic heterocycles. The fourth-order valence-corrected chi connectivity index (χ4v) is 3.30. The molecule has 3 aromatic rings. The van der Waals surface area contributed by atoms with Crippen molar-refractivity contribution in [3.05, 3.63) is 88.9 Å². The highest BCUT2D eigenvalue weighted by molar-refractivity contribution is 6.02.